The number of amides is 1. The van der Waals surface area contributed by atoms with Gasteiger partial charge in [-0.1, -0.05) is 12.2 Å². The summed E-state index contributed by atoms with van der Waals surface area (Å²) in [5, 5.41) is 2.74. The molecule has 1 rings (SSSR count). The molecule has 11 heavy (non-hydrogen) atoms. The summed E-state index contributed by atoms with van der Waals surface area (Å²) in [5.74, 6) is 0.436. The Balaban J connectivity index is 2.45. The first-order chi connectivity index (χ1) is 5.11. The van der Waals surface area contributed by atoms with Crippen LogP contribution in [-0.4, -0.2) is 16.9 Å². The van der Waals surface area contributed by atoms with Gasteiger partial charge in [-0.15, -0.1) is 0 Å². The number of carbonyl (C=O) groups excluding carboxylic acids is 1. The third-order valence-corrected chi connectivity index (χ3v) is 2.01. The van der Waals surface area contributed by atoms with Crippen molar-refractivity contribution in [1.29, 1.82) is 0 Å². The molecule has 1 saturated carbocycles. The van der Waals surface area contributed by atoms with Crippen molar-refractivity contribution in [1.82, 2.24) is 5.32 Å². The molecule has 0 spiro atoms. The largest absolute Gasteiger partial charge is 0.392 e. The van der Waals surface area contributed by atoms with Gasteiger partial charge in [-0.3, -0.25) is 4.79 Å². The van der Waals surface area contributed by atoms with E-state index in [2.05, 4.69) is 5.32 Å². The summed E-state index contributed by atoms with van der Waals surface area (Å²) >= 11 is 4.81. The molecule has 4 heteroatoms. The van der Waals surface area contributed by atoms with Crippen LogP contribution in [0.3, 0.4) is 0 Å². The van der Waals surface area contributed by atoms with Gasteiger partial charge in [0, 0.05) is 6.92 Å². The number of thiocarbonyl (C=S) groups is 1. The van der Waals surface area contributed by atoms with Gasteiger partial charge in [0.25, 0.3) is 0 Å². The number of carbonyl (C=O) groups is 1. The summed E-state index contributed by atoms with van der Waals surface area (Å²) in [7, 11) is 0. The quantitative estimate of drug-likeness (QED) is 0.597. The van der Waals surface area contributed by atoms with E-state index >= 15 is 0 Å². The summed E-state index contributed by atoms with van der Waals surface area (Å²) < 4.78 is 0. The van der Waals surface area contributed by atoms with Gasteiger partial charge in [0.2, 0.25) is 5.91 Å². The van der Waals surface area contributed by atoms with Gasteiger partial charge in [-0.05, 0) is 18.8 Å². The van der Waals surface area contributed by atoms with Crippen LogP contribution in [0.4, 0.5) is 0 Å². The zero-order chi connectivity index (χ0) is 8.43. The second-order valence-electron chi connectivity index (χ2n) is 2.92. The number of rotatable bonds is 3. The zero-order valence-corrected chi connectivity index (χ0v) is 7.28. The van der Waals surface area contributed by atoms with Gasteiger partial charge in [0.1, 0.15) is 0 Å². The van der Waals surface area contributed by atoms with E-state index in [-0.39, 0.29) is 11.9 Å². The predicted octanol–water partition coefficient (Wildman–Crippen LogP) is 0.187. The molecular weight excluding hydrogens is 160 g/mol. The van der Waals surface area contributed by atoms with Gasteiger partial charge in [0.05, 0.1) is 11.0 Å². The Hall–Kier alpha value is -0.640. The average molecular weight is 172 g/mol. The fourth-order valence-corrected chi connectivity index (χ4v) is 1.32. The van der Waals surface area contributed by atoms with Gasteiger partial charge in [-0.25, -0.2) is 0 Å². The van der Waals surface area contributed by atoms with Crippen LogP contribution in [0.5, 0.6) is 0 Å². The van der Waals surface area contributed by atoms with E-state index in [4.69, 9.17) is 18.0 Å². The first-order valence-corrected chi connectivity index (χ1v) is 4.08. The maximum atomic E-state index is 10.7. The van der Waals surface area contributed by atoms with Crippen LogP contribution in [0.25, 0.3) is 0 Å². The standard InChI is InChI=1S/C7H12N2OS/c1-4(10)9-6(7(8)11)5-2-3-5/h5-6H,2-3H2,1H3,(H2,8,11)(H,9,10). The van der Waals surface area contributed by atoms with Crippen molar-refractivity contribution in [3.05, 3.63) is 0 Å². The molecule has 1 atom stereocenters. The molecule has 1 amide bonds. The van der Waals surface area contributed by atoms with E-state index in [0.717, 1.165) is 12.8 Å². The van der Waals surface area contributed by atoms with Gasteiger partial charge < -0.3 is 11.1 Å². The second kappa shape index (κ2) is 3.17. The van der Waals surface area contributed by atoms with Gasteiger partial charge in [-0.2, -0.15) is 0 Å². The minimum absolute atomic E-state index is 0.0605. The molecule has 0 bridgehead atoms. The predicted molar refractivity (Wildman–Crippen MR) is 47.1 cm³/mol. The van der Waals surface area contributed by atoms with Crippen LogP contribution in [-0.2, 0) is 4.79 Å². The highest BCUT2D eigenvalue weighted by Gasteiger charge is 2.33. The van der Waals surface area contributed by atoms with Crippen LogP contribution >= 0.6 is 12.2 Å². The lowest BCUT2D eigenvalue weighted by atomic mass is 10.2. The molecule has 3 nitrogen and oxygen atoms in total. The molecule has 1 fully saturated rings. The lowest BCUT2D eigenvalue weighted by Gasteiger charge is -2.14. The van der Waals surface area contributed by atoms with Crippen molar-refractivity contribution in [2.45, 2.75) is 25.8 Å². The van der Waals surface area contributed by atoms with Gasteiger partial charge >= 0.3 is 0 Å². The van der Waals surface area contributed by atoms with Crippen LogP contribution in [0.1, 0.15) is 19.8 Å². The molecule has 1 aliphatic rings. The SMILES string of the molecule is CC(=O)NC(C(N)=S)C1CC1. The van der Waals surface area contributed by atoms with Crippen molar-refractivity contribution in [2.24, 2.45) is 11.7 Å². The summed E-state index contributed by atoms with van der Waals surface area (Å²) in [6.07, 6.45) is 2.25. The highest BCUT2D eigenvalue weighted by atomic mass is 32.1. The van der Waals surface area contributed by atoms with Crippen LogP contribution in [0, 0.1) is 5.92 Å². The Morgan fingerprint density at radius 3 is 2.55 bits per heavy atom. The van der Waals surface area contributed by atoms with Crippen molar-refractivity contribution in [2.75, 3.05) is 0 Å². The Morgan fingerprint density at radius 1 is 1.73 bits per heavy atom. The van der Waals surface area contributed by atoms with Crippen molar-refractivity contribution >= 4 is 23.1 Å². The molecule has 0 aromatic heterocycles. The van der Waals surface area contributed by atoms with E-state index in [9.17, 15) is 4.79 Å². The van der Waals surface area contributed by atoms with E-state index < -0.39 is 0 Å². The van der Waals surface area contributed by atoms with Crippen LogP contribution in [0.2, 0.25) is 0 Å². The Kier molecular flexibility index (Phi) is 2.44. The summed E-state index contributed by atoms with van der Waals surface area (Å²) in [5.41, 5.74) is 5.44. The monoisotopic (exact) mass is 172 g/mol. The molecule has 3 N–H and O–H groups in total. The highest BCUT2D eigenvalue weighted by molar-refractivity contribution is 7.80. The number of nitrogens with two attached hydrogens (primary N) is 1. The number of nitrogens with one attached hydrogen (secondary N) is 1. The molecule has 0 aromatic carbocycles. The molecule has 62 valence electrons. The second-order valence-corrected chi connectivity index (χ2v) is 3.39. The molecule has 0 aromatic rings. The lowest BCUT2D eigenvalue weighted by Crippen LogP contribution is -2.44. The van der Waals surface area contributed by atoms with Crippen LogP contribution in [0.15, 0.2) is 0 Å². The Morgan fingerprint density at radius 2 is 2.27 bits per heavy atom. The highest BCUT2D eigenvalue weighted by Crippen LogP contribution is 2.32. The molecule has 1 aliphatic carbocycles. The van der Waals surface area contributed by atoms with Crippen LogP contribution < -0.4 is 11.1 Å². The van der Waals surface area contributed by atoms with Crippen molar-refractivity contribution in [3.8, 4) is 0 Å². The van der Waals surface area contributed by atoms with E-state index in [1.807, 2.05) is 0 Å². The fraction of sp³-hybridized carbons (Fsp3) is 0.714. The summed E-state index contributed by atoms with van der Waals surface area (Å²) in [6.45, 7) is 1.48. The van der Waals surface area contributed by atoms with E-state index in [1.54, 1.807) is 0 Å². The zero-order valence-electron chi connectivity index (χ0n) is 6.46. The van der Waals surface area contributed by atoms with Crippen molar-refractivity contribution in [3.63, 3.8) is 0 Å². The first kappa shape index (κ1) is 8.46. The third kappa shape index (κ3) is 2.46. The number of hydrogen-bond acceptors (Lipinski definition) is 2. The van der Waals surface area contributed by atoms with Crippen molar-refractivity contribution < 1.29 is 4.79 Å². The minimum Gasteiger partial charge on any atom is -0.392 e. The average Bonchev–Trinajstić information content (AvgIpc) is 2.63. The minimum atomic E-state index is -0.0671. The van der Waals surface area contributed by atoms with Gasteiger partial charge in [0.15, 0.2) is 0 Å². The first-order valence-electron chi connectivity index (χ1n) is 3.67. The molecule has 0 saturated heterocycles. The number of hydrogen-bond donors (Lipinski definition) is 2. The molecule has 1 unspecified atom stereocenters. The smallest absolute Gasteiger partial charge is 0.217 e. The molecule has 0 radical (unpaired) electrons. The van der Waals surface area contributed by atoms with E-state index in [0.29, 0.717) is 10.9 Å². The molecular formula is C7H12N2OS. The normalized spacial score (nSPS) is 19.0. The fourth-order valence-electron chi connectivity index (χ4n) is 1.07. The Labute approximate surface area is 71.3 Å². The lowest BCUT2D eigenvalue weighted by molar-refractivity contribution is -0.119. The molecule has 0 heterocycles. The summed E-state index contributed by atoms with van der Waals surface area (Å²) in [6, 6.07) is -0.0671. The topological polar surface area (TPSA) is 55.1 Å². The Bertz CT molecular complexity index is 189. The maximum absolute atomic E-state index is 10.7. The molecule has 0 aliphatic heterocycles. The van der Waals surface area contributed by atoms with E-state index in [1.165, 1.54) is 6.92 Å². The maximum Gasteiger partial charge on any atom is 0.217 e. The third-order valence-electron chi connectivity index (χ3n) is 1.76. The summed E-state index contributed by atoms with van der Waals surface area (Å²) in [4.78, 5) is 11.1.